The Morgan fingerprint density at radius 2 is 1.31 bits per heavy atom. The molecule has 32 unspecified atom stereocenters. The standard InChI is InChI=1S/C77H122O30S/c1-13-59(101-65-36-76(12,94)74(46(11)100-65)104-64-27-25-60(45(10)99-64)102-75(93)43(8)69(91)47-22-24-54-55(30-47)58(85)29-39(4)66(54)88)40(5)67(89)41(6)68(90)42(7)70-44(9)71-72(105-71)56(83)19-15-18-49(79)31-51(81)32-52(82)33-53-35-61(107-108(96,97)98)73(92)77(95,106-53)62(86)28-37(2)20-23-48(78)16-14-17-50(80)34-57(84)38(3)21-26-63(87)103-70/h21-22,24,26,29-30,37-38,40-46,48-53,56-57,59-61,64-65,67-74,78-84,89-92,94-95H,13-20,23,25,27-28,31-36H2,1-12H3,(H,96,97,98). The number of Topliss-reactive ketones (excluding diaryl/α,β-unsaturated/α-hetero) is 2. The van der Waals surface area contributed by atoms with Crippen LogP contribution in [0.2, 0.25) is 0 Å². The number of epoxide rings is 1. The predicted octanol–water partition coefficient (Wildman–Crippen LogP) is 4.17. The van der Waals surface area contributed by atoms with Crippen molar-refractivity contribution in [2.45, 2.75) is 351 Å². The van der Waals surface area contributed by atoms with E-state index in [-0.39, 0.29) is 105 Å². The number of hydrogen-bond donors (Lipinski definition) is 14. The van der Waals surface area contributed by atoms with Crippen LogP contribution in [0, 0.1) is 41.4 Å². The Bertz CT molecular complexity index is 3290. The van der Waals surface area contributed by atoms with Crippen LogP contribution in [0.25, 0.3) is 0 Å². The highest BCUT2D eigenvalue weighted by atomic mass is 32.3. The second-order valence-corrected chi connectivity index (χ2v) is 33.2. The monoisotopic (exact) mass is 1560 g/mol. The van der Waals surface area contributed by atoms with Crippen LogP contribution in [0.3, 0.4) is 0 Å². The normalized spacial score (nSPS) is 39.2. The summed E-state index contributed by atoms with van der Waals surface area (Å²) >= 11 is 0. The molecule has 6 aliphatic rings. The van der Waals surface area contributed by atoms with Gasteiger partial charge < -0.3 is 104 Å². The van der Waals surface area contributed by atoms with Crippen molar-refractivity contribution in [1.82, 2.24) is 0 Å². The van der Waals surface area contributed by atoms with Crippen LogP contribution in [0.1, 0.15) is 231 Å². The van der Waals surface area contributed by atoms with Gasteiger partial charge >= 0.3 is 22.3 Å². The zero-order chi connectivity index (χ0) is 80.4. The van der Waals surface area contributed by atoms with Crippen molar-refractivity contribution in [2.75, 3.05) is 0 Å². The van der Waals surface area contributed by atoms with Crippen LogP contribution in [-0.2, 0) is 66.9 Å². The molecule has 4 fully saturated rings. The molecule has 108 heavy (non-hydrogen) atoms. The van der Waals surface area contributed by atoms with Gasteiger partial charge in [-0.1, -0.05) is 60.6 Å². The number of carbonyl (C=O) groups is 5. The Labute approximate surface area is 633 Å². The first-order valence-electron chi connectivity index (χ1n) is 38.5. The Balaban J connectivity index is 0.954. The van der Waals surface area contributed by atoms with E-state index in [1.165, 1.54) is 37.3 Å². The first-order chi connectivity index (χ1) is 50.4. The maximum Gasteiger partial charge on any atom is 0.397 e. The van der Waals surface area contributed by atoms with Gasteiger partial charge in [0, 0.05) is 78.0 Å². The first-order valence-corrected chi connectivity index (χ1v) is 39.9. The molecule has 5 aliphatic heterocycles. The number of aliphatic hydroxyl groups is 13. The lowest BCUT2D eigenvalue weighted by Crippen LogP contribution is -2.63. The van der Waals surface area contributed by atoms with Crippen LogP contribution in [-0.4, -0.2) is 255 Å². The third kappa shape index (κ3) is 24.6. The fourth-order valence-corrected chi connectivity index (χ4v) is 16.5. The lowest BCUT2D eigenvalue weighted by molar-refractivity contribution is -0.330. The molecule has 0 amide bonds. The fraction of sp³-hybridized carbons (Fsp3) is 0.805. The molecule has 31 heteroatoms. The molecule has 5 heterocycles. The highest BCUT2D eigenvalue weighted by Gasteiger charge is 2.57. The largest absolute Gasteiger partial charge is 0.459 e. The van der Waals surface area contributed by atoms with Crippen molar-refractivity contribution >= 4 is 39.7 Å². The molecular weight excluding hydrogens is 1440 g/mol. The first kappa shape index (κ1) is 90.9. The fourth-order valence-electron chi connectivity index (χ4n) is 16.0. The molecule has 0 saturated carbocycles. The van der Waals surface area contributed by atoms with Crippen molar-refractivity contribution in [3.63, 3.8) is 0 Å². The summed E-state index contributed by atoms with van der Waals surface area (Å²) in [6, 6.07) is 4.39. The number of cyclic esters (lactones) is 1. The minimum absolute atomic E-state index is 0.0640. The number of allylic oxidation sites excluding steroid dienone is 2. The van der Waals surface area contributed by atoms with Crippen molar-refractivity contribution < 1.29 is 145 Å². The molecule has 1 aliphatic carbocycles. The summed E-state index contributed by atoms with van der Waals surface area (Å²) < 4.78 is 87.0. The zero-order valence-electron chi connectivity index (χ0n) is 64.2. The maximum absolute atomic E-state index is 13.9. The van der Waals surface area contributed by atoms with E-state index in [0.29, 0.717) is 24.8 Å². The molecule has 30 nitrogen and oxygen atoms in total. The van der Waals surface area contributed by atoms with E-state index in [1.807, 2.05) is 6.92 Å². The van der Waals surface area contributed by atoms with Crippen LogP contribution in [0.5, 0.6) is 0 Å². The molecule has 1 aromatic rings. The van der Waals surface area contributed by atoms with Crippen molar-refractivity contribution in [2.24, 2.45) is 41.4 Å². The molecule has 0 aromatic heterocycles. The molecule has 32 atom stereocenters. The van der Waals surface area contributed by atoms with Gasteiger partial charge in [0.15, 0.2) is 29.9 Å². The van der Waals surface area contributed by atoms with Crippen LogP contribution >= 0.6 is 0 Å². The second kappa shape index (κ2) is 39.7. The topological polar surface area (TPSA) is 489 Å². The quantitative estimate of drug-likeness (QED) is 0.0591. The Kier molecular flexibility index (Phi) is 33.4. The summed E-state index contributed by atoms with van der Waals surface area (Å²) in [5.41, 5.74) is -0.610. The average molecular weight is 1560 g/mol. The third-order valence-corrected chi connectivity index (χ3v) is 23.4. The van der Waals surface area contributed by atoms with E-state index in [0.717, 1.165) is 6.08 Å². The van der Waals surface area contributed by atoms with Crippen LogP contribution < -0.4 is 0 Å². The predicted molar refractivity (Wildman–Crippen MR) is 385 cm³/mol. The molecule has 14 N–H and O–H groups in total. The number of fused-ring (bicyclic) bond motifs is 4. The number of ketones is 3. The van der Waals surface area contributed by atoms with Crippen molar-refractivity contribution in [1.29, 1.82) is 0 Å². The van der Waals surface area contributed by atoms with Crippen LogP contribution in [0.4, 0.5) is 0 Å². The molecule has 1 aromatic carbocycles. The highest BCUT2D eigenvalue weighted by Crippen LogP contribution is 2.43. The van der Waals surface area contributed by atoms with E-state index in [2.05, 4.69) is 4.18 Å². The summed E-state index contributed by atoms with van der Waals surface area (Å²) in [5, 5.41) is 148. The van der Waals surface area contributed by atoms with Gasteiger partial charge in [-0.3, -0.25) is 23.7 Å². The molecule has 616 valence electrons. The summed E-state index contributed by atoms with van der Waals surface area (Å²) in [6.07, 6.45) is -21.8. The molecular formula is C77H122O30S. The number of esters is 2. The SMILES string of the molecule is CCC(OC1CC(C)(O)C(OC2CCC(OC(=O)C(C)C(O)c3ccc4c(c3)C(=O)C=C(C)C4=O)C(C)O2)C(C)O1)C(C)C(O)C(C)C(O)C(C)C1OC(=O)C=CC(C)C(O)CC(O)CCCC(O)CCC(C)CC(=O)C2(O)OC(CC(O)CC(O)CC(O)CCCC(O)C3OC3C1C)CC(OS(=O)(=O)O)C2O. The summed E-state index contributed by atoms with van der Waals surface area (Å²) in [5.74, 6) is -11.9. The van der Waals surface area contributed by atoms with E-state index >= 15 is 0 Å². The van der Waals surface area contributed by atoms with Crippen molar-refractivity contribution in [3.8, 4) is 0 Å². The molecule has 2 bridgehead atoms. The number of benzene rings is 1. The maximum atomic E-state index is 13.9. The van der Waals surface area contributed by atoms with Gasteiger partial charge in [-0.25, -0.2) is 8.98 Å². The number of hydrogen-bond acceptors (Lipinski definition) is 29. The Morgan fingerprint density at radius 1 is 0.685 bits per heavy atom. The van der Waals surface area contributed by atoms with Gasteiger partial charge in [-0.2, -0.15) is 8.42 Å². The molecule has 0 radical (unpaired) electrons. The minimum Gasteiger partial charge on any atom is -0.459 e. The van der Waals surface area contributed by atoms with E-state index in [4.69, 9.17) is 37.9 Å². The Hall–Kier alpha value is -4.24. The van der Waals surface area contributed by atoms with Gasteiger partial charge in [0.05, 0.1) is 103 Å². The smallest absolute Gasteiger partial charge is 0.397 e. The van der Waals surface area contributed by atoms with E-state index in [9.17, 15) is 103 Å². The molecule has 4 saturated heterocycles. The number of rotatable bonds is 17. The van der Waals surface area contributed by atoms with Gasteiger partial charge in [0.2, 0.25) is 0 Å². The minimum atomic E-state index is -5.25. The average Bonchev–Trinajstić information content (AvgIpc) is 1.27. The Morgan fingerprint density at radius 3 is 1.96 bits per heavy atom. The van der Waals surface area contributed by atoms with Gasteiger partial charge in [0.1, 0.15) is 36.6 Å². The molecule has 0 spiro atoms. The third-order valence-electron chi connectivity index (χ3n) is 22.9. The number of ether oxygens (including phenoxy) is 8. The lowest BCUT2D eigenvalue weighted by atomic mass is 9.77. The van der Waals surface area contributed by atoms with Gasteiger partial charge in [-0.15, -0.1) is 0 Å². The molecule has 7 rings (SSSR count). The van der Waals surface area contributed by atoms with E-state index < -0.39 is 241 Å². The van der Waals surface area contributed by atoms with Crippen LogP contribution in [0.15, 0.2) is 42.0 Å². The summed E-state index contributed by atoms with van der Waals surface area (Å²) in [6.45, 7) is 19.9. The zero-order valence-corrected chi connectivity index (χ0v) is 65.0. The van der Waals surface area contributed by atoms with Gasteiger partial charge in [-0.05, 0) is 154 Å². The number of aliphatic hydroxyl groups excluding tert-OH is 11. The number of carbonyl (C=O) groups excluding carboxylic acids is 5. The van der Waals surface area contributed by atoms with Gasteiger partial charge in [0.25, 0.3) is 5.79 Å². The summed E-state index contributed by atoms with van der Waals surface area (Å²) in [7, 11) is -5.25. The highest BCUT2D eigenvalue weighted by molar-refractivity contribution is 7.80. The summed E-state index contributed by atoms with van der Waals surface area (Å²) in [4.78, 5) is 66.4. The second-order valence-electron chi connectivity index (χ2n) is 32.2. The lowest BCUT2D eigenvalue weighted by Gasteiger charge is -2.47. The van der Waals surface area contributed by atoms with E-state index in [1.54, 1.807) is 69.2 Å². The van der Waals surface area contributed by atoms with Crippen molar-refractivity contribution in [3.05, 3.63) is 58.7 Å².